The molecule has 106 valence electrons. The fourth-order valence-corrected chi connectivity index (χ4v) is 2.81. The third-order valence-electron chi connectivity index (χ3n) is 4.02. The Morgan fingerprint density at radius 1 is 1.32 bits per heavy atom. The molecule has 2 amide bonds. The van der Waals surface area contributed by atoms with Gasteiger partial charge in [0.1, 0.15) is 0 Å². The van der Waals surface area contributed by atoms with Crippen LogP contribution in [-0.4, -0.2) is 47.4 Å². The minimum absolute atomic E-state index is 0.0466. The fourth-order valence-electron chi connectivity index (χ4n) is 2.81. The predicted octanol–water partition coefficient (Wildman–Crippen LogP) is 0.226. The van der Waals surface area contributed by atoms with E-state index in [2.05, 4.69) is 5.32 Å². The number of carbonyl (C=O) groups excluding carboxylic acids is 2. The average Bonchev–Trinajstić information content (AvgIpc) is 2.83. The number of rotatable bonds is 4. The molecule has 0 spiro atoms. The van der Waals surface area contributed by atoms with Crippen LogP contribution in [0.4, 0.5) is 0 Å². The Morgan fingerprint density at radius 3 is 2.53 bits per heavy atom. The Labute approximate surface area is 112 Å². The van der Waals surface area contributed by atoms with Crippen molar-refractivity contribution < 1.29 is 19.5 Å². The molecule has 1 unspecified atom stereocenters. The molecule has 1 atom stereocenters. The fraction of sp³-hybridized carbons (Fsp3) is 0.769. The molecule has 2 fully saturated rings. The van der Waals surface area contributed by atoms with Crippen molar-refractivity contribution in [2.75, 3.05) is 19.6 Å². The maximum atomic E-state index is 12.2. The van der Waals surface area contributed by atoms with Gasteiger partial charge >= 0.3 is 5.97 Å². The zero-order valence-corrected chi connectivity index (χ0v) is 10.9. The first-order valence-corrected chi connectivity index (χ1v) is 6.83. The van der Waals surface area contributed by atoms with E-state index in [1.165, 1.54) is 0 Å². The number of nitrogens with one attached hydrogen (secondary N) is 1. The van der Waals surface area contributed by atoms with Crippen molar-refractivity contribution in [3.05, 3.63) is 0 Å². The topological polar surface area (TPSA) is 86.7 Å². The van der Waals surface area contributed by atoms with Gasteiger partial charge in [-0.15, -0.1) is 0 Å². The number of hydrogen-bond acceptors (Lipinski definition) is 3. The van der Waals surface area contributed by atoms with Gasteiger partial charge in [-0.2, -0.15) is 0 Å². The van der Waals surface area contributed by atoms with E-state index < -0.39 is 5.97 Å². The Hall–Kier alpha value is -1.59. The molecule has 0 aromatic heterocycles. The molecule has 0 bridgehead atoms. The molecule has 2 rings (SSSR count). The van der Waals surface area contributed by atoms with Gasteiger partial charge in [-0.1, -0.05) is 0 Å². The van der Waals surface area contributed by atoms with Gasteiger partial charge in [0.15, 0.2) is 0 Å². The van der Waals surface area contributed by atoms with E-state index in [9.17, 15) is 14.4 Å². The monoisotopic (exact) mass is 268 g/mol. The highest BCUT2D eigenvalue weighted by Gasteiger charge is 2.33. The van der Waals surface area contributed by atoms with Crippen LogP contribution in [0.25, 0.3) is 0 Å². The van der Waals surface area contributed by atoms with Crippen molar-refractivity contribution in [1.29, 1.82) is 0 Å². The number of carboxylic acids is 1. The molecule has 0 radical (unpaired) electrons. The lowest BCUT2D eigenvalue weighted by Gasteiger charge is -2.33. The van der Waals surface area contributed by atoms with Crippen LogP contribution in [0.5, 0.6) is 0 Å². The lowest BCUT2D eigenvalue weighted by molar-refractivity contribution is -0.139. The molecule has 2 aliphatic heterocycles. The molecular weight excluding hydrogens is 248 g/mol. The van der Waals surface area contributed by atoms with Gasteiger partial charge in [-0.25, -0.2) is 0 Å². The van der Waals surface area contributed by atoms with Crippen molar-refractivity contribution in [3.63, 3.8) is 0 Å². The standard InChI is InChI=1S/C13H20N2O4/c16-11-7-10(8-14-11)13(19)15-5-3-9(4-6-15)1-2-12(17)18/h9-10H,1-8H2,(H,14,16)(H,17,18). The lowest BCUT2D eigenvalue weighted by atomic mass is 9.91. The number of carbonyl (C=O) groups is 3. The molecule has 0 aromatic rings. The van der Waals surface area contributed by atoms with Crippen LogP contribution in [0.1, 0.15) is 32.1 Å². The molecule has 0 aliphatic carbocycles. The largest absolute Gasteiger partial charge is 0.481 e. The van der Waals surface area contributed by atoms with E-state index in [1.54, 1.807) is 0 Å². The maximum absolute atomic E-state index is 12.2. The van der Waals surface area contributed by atoms with Crippen LogP contribution in [0, 0.1) is 11.8 Å². The van der Waals surface area contributed by atoms with Crippen molar-refractivity contribution in [2.24, 2.45) is 11.8 Å². The molecule has 2 saturated heterocycles. The van der Waals surface area contributed by atoms with Crippen LogP contribution in [0.2, 0.25) is 0 Å². The first-order chi connectivity index (χ1) is 9.06. The van der Waals surface area contributed by atoms with E-state index in [0.717, 1.165) is 12.8 Å². The van der Waals surface area contributed by atoms with E-state index in [4.69, 9.17) is 5.11 Å². The Balaban J connectivity index is 1.75. The SMILES string of the molecule is O=C(O)CCC1CCN(C(=O)C2CNC(=O)C2)CC1. The predicted molar refractivity (Wildman–Crippen MR) is 67.3 cm³/mol. The molecule has 6 heteroatoms. The Bertz CT molecular complexity index is 375. The van der Waals surface area contributed by atoms with Gasteiger partial charge in [0, 0.05) is 32.5 Å². The molecule has 2 N–H and O–H groups in total. The number of amides is 2. The Morgan fingerprint density at radius 2 is 2.00 bits per heavy atom. The molecule has 0 saturated carbocycles. The quantitative estimate of drug-likeness (QED) is 0.764. The summed E-state index contributed by atoms with van der Waals surface area (Å²) in [5.74, 6) is -0.537. The first-order valence-electron chi connectivity index (χ1n) is 6.83. The van der Waals surface area contributed by atoms with Crippen LogP contribution in [0.3, 0.4) is 0 Å². The summed E-state index contributed by atoms with van der Waals surface area (Å²) in [6.45, 7) is 1.83. The van der Waals surface area contributed by atoms with E-state index >= 15 is 0 Å². The Kier molecular flexibility index (Phi) is 4.39. The number of likely N-dealkylation sites (tertiary alicyclic amines) is 1. The van der Waals surface area contributed by atoms with E-state index in [1.807, 2.05) is 4.90 Å². The molecule has 2 aliphatic rings. The summed E-state index contributed by atoms with van der Waals surface area (Å²) >= 11 is 0. The van der Waals surface area contributed by atoms with E-state index in [0.29, 0.717) is 38.4 Å². The zero-order chi connectivity index (χ0) is 13.8. The average molecular weight is 268 g/mol. The minimum Gasteiger partial charge on any atom is -0.481 e. The summed E-state index contributed by atoms with van der Waals surface area (Å²) < 4.78 is 0. The van der Waals surface area contributed by atoms with Gasteiger partial charge in [-0.3, -0.25) is 14.4 Å². The second-order valence-electron chi connectivity index (χ2n) is 5.41. The highest BCUT2D eigenvalue weighted by atomic mass is 16.4. The highest BCUT2D eigenvalue weighted by Crippen LogP contribution is 2.24. The number of hydrogen-bond donors (Lipinski definition) is 2. The van der Waals surface area contributed by atoms with Gasteiger partial charge < -0.3 is 15.3 Å². The van der Waals surface area contributed by atoms with Crippen LogP contribution in [-0.2, 0) is 14.4 Å². The lowest BCUT2D eigenvalue weighted by Crippen LogP contribution is -2.42. The molecule has 19 heavy (non-hydrogen) atoms. The van der Waals surface area contributed by atoms with Crippen molar-refractivity contribution in [1.82, 2.24) is 10.2 Å². The van der Waals surface area contributed by atoms with Gasteiger partial charge in [0.25, 0.3) is 0 Å². The number of nitrogens with zero attached hydrogens (tertiary/aromatic N) is 1. The van der Waals surface area contributed by atoms with Gasteiger partial charge in [-0.05, 0) is 25.2 Å². The zero-order valence-electron chi connectivity index (χ0n) is 10.9. The molecule has 0 aromatic carbocycles. The number of carboxylic acid groups (broad SMARTS) is 1. The summed E-state index contributed by atoms with van der Waals surface area (Å²) in [6.07, 6.45) is 2.94. The second-order valence-corrected chi connectivity index (χ2v) is 5.41. The second kappa shape index (κ2) is 6.04. The maximum Gasteiger partial charge on any atom is 0.303 e. The highest BCUT2D eigenvalue weighted by molar-refractivity contribution is 5.89. The molecule has 6 nitrogen and oxygen atoms in total. The van der Waals surface area contributed by atoms with Gasteiger partial charge in [0.05, 0.1) is 5.92 Å². The molecule has 2 heterocycles. The molecular formula is C13H20N2O4. The summed E-state index contributed by atoms with van der Waals surface area (Å²) in [5.41, 5.74) is 0. The number of piperidine rings is 1. The van der Waals surface area contributed by atoms with E-state index in [-0.39, 0.29) is 24.2 Å². The van der Waals surface area contributed by atoms with Crippen molar-refractivity contribution in [2.45, 2.75) is 32.1 Å². The van der Waals surface area contributed by atoms with Crippen LogP contribution < -0.4 is 5.32 Å². The third-order valence-corrected chi connectivity index (χ3v) is 4.02. The summed E-state index contributed by atoms with van der Waals surface area (Å²) in [7, 11) is 0. The summed E-state index contributed by atoms with van der Waals surface area (Å²) in [5, 5.41) is 11.3. The number of aliphatic carboxylic acids is 1. The summed E-state index contributed by atoms with van der Waals surface area (Å²) in [6, 6.07) is 0. The normalized spacial score (nSPS) is 24.3. The van der Waals surface area contributed by atoms with Gasteiger partial charge in [0.2, 0.25) is 11.8 Å². The minimum atomic E-state index is -0.756. The first kappa shape index (κ1) is 13.8. The van der Waals surface area contributed by atoms with Crippen LogP contribution >= 0.6 is 0 Å². The smallest absolute Gasteiger partial charge is 0.303 e. The summed E-state index contributed by atoms with van der Waals surface area (Å²) in [4.78, 5) is 35.6. The van der Waals surface area contributed by atoms with Crippen LogP contribution in [0.15, 0.2) is 0 Å². The van der Waals surface area contributed by atoms with Crippen molar-refractivity contribution in [3.8, 4) is 0 Å². The van der Waals surface area contributed by atoms with Crippen molar-refractivity contribution >= 4 is 17.8 Å². The third kappa shape index (κ3) is 3.68.